The van der Waals surface area contributed by atoms with Crippen LogP contribution in [0.5, 0.6) is 0 Å². The Morgan fingerprint density at radius 2 is 1.81 bits per heavy atom. The summed E-state index contributed by atoms with van der Waals surface area (Å²) in [4.78, 5) is 26.0. The molecule has 0 N–H and O–H groups in total. The summed E-state index contributed by atoms with van der Waals surface area (Å²) < 4.78 is 10.6. The second kappa shape index (κ2) is 7.53. The lowest BCUT2D eigenvalue weighted by molar-refractivity contribution is -0.121. The zero-order chi connectivity index (χ0) is 18.5. The highest BCUT2D eigenvalue weighted by Gasteiger charge is 2.22. The van der Waals surface area contributed by atoms with Crippen LogP contribution in [0.25, 0.3) is 11.0 Å². The molecule has 0 aliphatic rings. The second-order valence-corrected chi connectivity index (χ2v) is 5.60. The van der Waals surface area contributed by atoms with Crippen molar-refractivity contribution in [2.45, 2.75) is 6.92 Å². The minimum Gasteiger partial charge on any atom is -0.450 e. The summed E-state index contributed by atoms with van der Waals surface area (Å²) in [7, 11) is 0. The zero-order valence-corrected chi connectivity index (χ0v) is 14.1. The van der Waals surface area contributed by atoms with E-state index in [2.05, 4.69) is 0 Å². The van der Waals surface area contributed by atoms with Crippen LogP contribution in [0.4, 0.5) is 5.69 Å². The van der Waals surface area contributed by atoms with Gasteiger partial charge in [0.1, 0.15) is 12.1 Å². The van der Waals surface area contributed by atoms with Crippen molar-refractivity contribution in [3.63, 3.8) is 0 Å². The maximum atomic E-state index is 12.4. The number of rotatable bonds is 5. The molecular weight excluding hydrogens is 332 g/mol. The zero-order valence-electron chi connectivity index (χ0n) is 14.1. The van der Waals surface area contributed by atoms with Gasteiger partial charge in [0.05, 0.1) is 6.07 Å². The average Bonchev–Trinajstić information content (AvgIpc) is 3.02. The average molecular weight is 348 g/mol. The number of ether oxygens (including phenoxy) is 1. The van der Waals surface area contributed by atoms with Gasteiger partial charge < -0.3 is 9.15 Å². The van der Waals surface area contributed by atoms with Crippen LogP contribution in [0, 0.1) is 18.3 Å². The number of nitriles is 1. The molecular formula is C20H16N2O4. The Kier molecular flexibility index (Phi) is 4.99. The lowest BCUT2D eigenvalue weighted by Gasteiger charge is -2.19. The molecule has 0 bridgehead atoms. The number of aryl methyl sites for hydroxylation is 1. The van der Waals surface area contributed by atoms with Gasteiger partial charge >= 0.3 is 5.97 Å². The van der Waals surface area contributed by atoms with Gasteiger partial charge in [-0.1, -0.05) is 36.4 Å². The van der Waals surface area contributed by atoms with Crippen molar-refractivity contribution in [1.29, 1.82) is 5.26 Å². The molecule has 0 unspecified atom stereocenters. The van der Waals surface area contributed by atoms with Crippen LogP contribution in [-0.2, 0) is 9.53 Å². The van der Waals surface area contributed by atoms with Crippen LogP contribution in [0.1, 0.15) is 16.1 Å². The van der Waals surface area contributed by atoms with Gasteiger partial charge in [0.25, 0.3) is 5.91 Å². The third kappa shape index (κ3) is 3.42. The number of furan rings is 1. The third-order valence-electron chi connectivity index (χ3n) is 3.95. The van der Waals surface area contributed by atoms with Crippen LogP contribution in [0.2, 0.25) is 0 Å². The molecule has 6 nitrogen and oxygen atoms in total. The number of fused-ring (bicyclic) bond motifs is 1. The van der Waals surface area contributed by atoms with E-state index < -0.39 is 18.5 Å². The van der Waals surface area contributed by atoms with E-state index in [0.29, 0.717) is 16.8 Å². The summed E-state index contributed by atoms with van der Waals surface area (Å²) in [5.41, 5.74) is 1.81. The maximum absolute atomic E-state index is 12.4. The highest BCUT2D eigenvalue weighted by atomic mass is 16.5. The number of nitrogens with zero attached hydrogens (tertiary/aromatic N) is 2. The maximum Gasteiger partial charge on any atom is 0.375 e. The SMILES string of the molecule is Cc1c(C(=O)OCC(=O)N(CC#N)c2ccccc2)oc2ccccc12. The topological polar surface area (TPSA) is 83.5 Å². The number of carbonyl (C=O) groups excluding carboxylic acids is 2. The lowest BCUT2D eigenvalue weighted by atomic mass is 10.1. The molecule has 26 heavy (non-hydrogen) atoms. The first-order valence-electron chi connectivity index (χ1n) is 7.99. The van der Waals surface area contributed by atoms with Crippen molar-refractivity contribution in [3.05, 3.63) is 65.9 Å². The smallest absolute Gasteiger partial charge is 0.375 e. The van der Waals surface area contributed by atoms with Crippen molar-refractivity contribution in [3.8, 4) is 6.07 Å². The van der Waals surface area contributed by atoms with Crippen LogP contribution in [0.15, 0.2) is 59.0 Å². The van der Waals surface area contributed by atoms with E-state index in [0.717, 1.165) is 5.39 Å². The Labute approximate surface area is 150 Å². The van der Waals surface area contributed by atoms with Crippen molar-refractivity contribution in [1.82, 2.24) is 0 Å². The van der Waals surface area contributed by atoms with Gasteiger partial charge in [-0.3, -0.25) is 9.69 Å². The minimum absolute atomic E-state index is 0.0746. The normalized spacial score (nSPS) is 10.3. The van der Waals surface area contributed by atoms with Gasteiger partial charge in [-0.25, -0.2) is 4.79 Å². The molecule has 2 aromatic carbocycles. The number of anilines is 1. The third-order valence-corrected chi connectivity index (χ3v) is 3.95. The van der Waals surface area contributed by atoms with E-state index >= 15 is 0 Å². The number of hydrogen-bond acceptors (Lipinski definition) is 5. The minimum atomic E-state index is -0.711. The van der Waals surface area contributed by atoms with Gasteiger partial charge in [0, 0.05) is 16.6 Å². The molecule has 3 rings (SSSR count). The van der Waals surface area contributed by atoms with E-state index in [1.54, 1.807) is 37.3 Å². The van der Waals surface area contributed by atoms with Crippen LogP contribution in [0.3, 0.4) is 0 Å². The number of esters is 1. The van der Waals surface area contributed by atoms with Gasteiger partial charge in [0.15, 0.2) is 6.61 Å². The number of benzene rings is 2. The summed E-state index contributed by atoms with van der Waals surface area (Å²) in [6.45, 7) is 1.14. The fourth-order valence-corrected chi connectivity index (χ4v) is 2.64. The quantitative estimate of drug-likeness (QED) is 0.521. The monoisotopic (exact) mass is 348 g/mol. The molecule has 0 spiro atoms. The summed E-state index contributed by atoms with van der Waals surface area (Å²) >= 11 is 0. The molecule has 1 heterocycles. The largest absolute Gasteiger partial charge is 0.450 e. The first-order valence-corrected chi connectivity index (χ1v) is 7.99. The molecule has 0 saturated heterocycles. The van der Waals surface area contributed by atoms with Gasteiger partial charge in [-0.05, 0) is 25.1 Å². The molecule has 130 valence electrons. The summed E-state index contributed by atoms with van der Waals surface area (Å²) in [6, 6.07) is 18.0. The van der Waals surface area contributed by atoms with E-state index in [1.807, 2.05) is 30.3 Å². The van der Waals surface area contributed by atoms with Gasteiger partial charge in [0.2, 0.25) is 5.76 Å². The first kappa shape index (κ1) is 17.2. The molecule has 3 aromatic rings. The van der Waals surface area contributed by atoms with Crippen molar-refractivity contribution < 1.29 is 18.7 Å². The fraction of sp³-hybridized carbons (Fsp3) is 0.150. The van der Waals surface area contributed by atoms with Crippen molar-refractivity contribution >= 4 is 28.5 Å². The molecule has 0 aliphatic carbocycles. The highest BCUT2D eigenvalue weighted by Crippen LogP contribution is 2.25. The molecule has 0 fully saturated rings. The number of amides is 1. The molecule has 1 aromatic heterocycles. The predicted molar refractivity (Wildman–Crippen MR) is 95.6 cm³/mol. The van der Waals surface area contributed by atoms with E-state index in [-0.39, 0.29) is 12.3 Å². The molecule has 0 aliphatic heterocycles. The number of carbonyl (C=O) groups is 2. The fourth-order valence-electron chi connectivity index (χ4n) is 2.64. The summed E-state index contributed by atoms with van der Waals surface area (Å²) in [5, 5.41) is 9.77. The lowest BCUT2D eigenvalue weighted by Crippen LogP contribution is -2.35. The molecule has 1 amide bonds. The molecule has 0 radical (unpaired) electrons. The summed E-state index contributed by atoms with van der Waals surface area (Å²) in [5.74, 6) is -1.12. The Bertz CT molecular complexity index is 986. The van der Waals surface area contributed by atoms with Crippen LogP contribution < -0.4 is 4.90 Å². The molecule has 0 atom stereocenters. The Morgan fingerprint density at radius 3 is 2.50 bits per heavy atom. The van der Waals surface area contributed by atoms with Crippen molar-refractivity contribution in [2.75, 3.05) is 18.1 Å². The van der Waals surface area contributed by atoms with Gasteiger partial charge in [-0.2, -0.15) is 5.26 Å². The molecule has 0 saturated carbocycles. The Morgan fingerprint density at radius 1 is 1.12 bits per heavy atom. The van der Waals surface area contributed by atoms with E-state index in [4.69, 9.17) is 14.4 Å². The highest BCUT2D eigenvalue weighted by molar-refractivity contribution is 5.99. The van der Waals surface area contributed by atoms with Crippen molar-refractivity contribution in [2.24, 2.45) is 0 Å². The summed E-state index contributed by atoms with van der Waals surface area (Å²) in [6.07, 6.45) is 0. The van der Waals surface area contributed by atoms with E-state index in [9.17, 15) is 9.59 Å². The van der Waals surface area contributed by atoms with E-state index in [1.165, 1.54) is 4.90 Å². The molecule has 6 heteroatoms. The van der Waals surface area contributed by atoms with Crippen LogP contribution >= 0.6 is 0 Å². The number of hydrogen-bond donors (Lipinski definition) is 0. The predicted octanol–water partition coefficient (Wildman–Crippen LogP) is 3.45. The van der Waals surface area contributed by atoms with Crippen LogP contribution in [-0.4, -0.2) is 25.0 Å². The second-order valence-electron chi connectivity index (χ2n) is 5.60. The Balaban J connectivity index is 1.72. The first-order chi connectivity index (χ1) is 12.6. The number of para-hydroxylation sites is 2. The van der Waals surface area contributed by atoms with Gasteiger partial charge in [-0.15, -0.1) is 0 Å². The Hall–Kier alpha value is -3.59. The standard InChI is InChI=1S/C20H16N2O4/c1-14-16-9-5-6-10-17(16)26-19(14)20(24)25-13-18(23)22(12-11-21)15-7-3-2-4-8-15/h2-10H,12-13H2,1H3.